The molecule has 0 radical (unpaired) electrons. The molecule has 0 spiro atoms. The summed E-state index contributed by atoms with van der Waals surface area (Å²) in [6.07, 6.45) is 2.79. The lowest BCUT2D eigenvalue weighted by atomic mass is 9.90. The molecule has 0 saturated carbocycles. The maximum absolute atomic E-state index is 12.9. The first-order valence-corrected chi connectivity index (χ1v) is 10.3. The number of nitrogens with zero attached hydrogens (tertiary/aromatic N) is 1. The third kappa shape index (κ3) is 3.81. The van der Waals surface area contributed by atoms with Gasteiger partial charge in [-0.05, 0) is 41.8 Å². The maximum Gasteiger partial charge on any atom is 0.217 e. The number of carbonyl (C=O) groups is 1. The Bertz CT molecular complexity index is 936. The van der Waals surface area contributed by atoms with Gasteiger partial charge in [0.25, 0.3) is 0 Å². The topological polar surface area (TPSA) is 63.7 Å². The van der Waals surface area contributed by atoms with Gasteiger partial charge in [0.2, 0.25) is 10.0 Å². The van der Waals surface area contributed by atoms with Crippen molar-refractivity contribution in [3.8, 4) is 5.75 Å². The molecule has 138 valence electrons. The molecule has 0 aliphatic carbocycles. The van der Waals surface area contributed by atoms with E-state index in [1.807, 2.05) is 30.3 Å². The van der Waals surface area contributed by atoms with Crippen LogP contribution in [-0.4, -0.2) is 44.5 Å². The summed E-state index contributed by atoms with van der Waals surface area (Å²) in [6, 6.07) is 11.3. The van der Waals surface area contributed by atoms with Crippen LogP contribution in [0.3, 0.4) is 0 Å². The molecule has 2 aromatic carbocycles. The van der Waals surface area contributed by atoms with E-state index in [1.54, 1.807) is 13.2 Å². The fourth-order valence-corrected chi connectivity index (χ4v) is 4.73. The second-order valence-electron chi connectivity index (χ2n) is 6.56. The third-order valence-corrected chi connectivity index (χ3v) is 6.58. The SMILES string of the molecule is C=CCS(=O)(=O)N1CCC[C@H](C(=O)c2ccc3cc(OC)ccc3c2)C1. The molecule has 0 N–H and O–H groups in total. The van der Waals surface area contributed by atoms with Crippen molar-refractivity contribution in [1.82, 2.24) is 4.31 Å². The van der Waals surface area contributed by atoms with Crippen molar-refractivity contribution in [3.63, 3.8) is 0 Å². The minimum atomic E-state index is -3.38. The summed E-state index contributed by atoms with van der Waals surface area (Å²) in [7, 11) is -1.76. The molecule has 5 nitrogen and oxygen atoms in total. The van der Waals surface area contributed by atoms with Crippen molar-refractivity contribution in [2.24, 2.45) is 5.92 Å². The third-order valence-electron chi connectivity index (χ3n) is 4.81. The highest BCUT2D eigenvalue weighted by molar-refractivity contribution is 7.89. The number of ether oxygens (including phenoxy) is 1. The van der Waals surface area contributed by atoms with E-state index in [4.69, 9.17) is 4.74 Å². The summed E-state index contributed by atoms with van der Waals surface area (Å²) in [6.45, 7) is 4.22. The molecule has 26 heavy (non-hydrogen) atoms. The number of Topliss-reactive ketones (excluding diaryl/α,β-unsaturated/α-hetero) is 1. The van der Waals surface area contributed by atoms with Gasteiger partial charge < -0.3 is 4.74 Å². The van der Waals surface area contributed by atoms with Gasteiger partial charge in [-0.15, -0.1) is 6.58 Å². The Morgan fingerprint density at radius 2 is 2.00 bits per heavy atom. The highest BCUT2D eigenvalue weighted by atomic mass is 32.2. The lowest BCUT2D eigenvalue weighted by Crippen LogP contribution is -2.43. The average Bonchev–Trinajstić information content (AvgIpc) is 2.66. The molecule has 1 heterocycles. The van der Waals surface area contributed by atoms with Gasteiger partial charge in [0.15, 0.2) is 5.78 Å². The number of hydrogen-bond donors (Lipinski definition) is 0. The van der Waals surface area contributed by atoms with Crippen LogP contribution in [-0.2, 0) is 10.0 Å². The molecule has 6 heteroatoms. The zero-order chi connectivity index (χ0) is 18.7. The molecule has 1 aliphatic heterocycles. The Kier molecular flexibility index (Phi) is 5.44. The fraction of sp³-hybridized carbons (Fsp3) is 0.350. The molecular formula is C20H23NO4S. The second kappa shape index (κ2) is 7.60. The van der Waals surface area contributed by atoms with E-state index >= 15 is 0 Å². The summed E-state index contributed by atoms with van der Waals surface area (Å²) >= 11 is 0. The van der Waals surface area contributed by atoms with Crippen LogP contribution in [0.25, 0.3) is 10.8 Å². The van der Waals surface area contributed by atoms with Crippen molar-refractivity contribution in [2.45, 2.75) is 12.8 Å². The highest BCUT2D eigenvalue weighted by Crippen LogP contribution is 2.26. The molecule has 0 amide bonds. The molecule has 1 fully saturated rings. The highest BCUT2D eigenvalue weighted by Gasteiger charge is 2.32. The van der Waals surface area contributed by atoms with Crippen molar-refractivity contribution >= 4 is 26.6 Å². The Morgan fingerprint density at radius 1 is 1.27 bits per heavy atom. The molecule has 0 unspecified atom stereocenters. The van der Waals surface area contributed by atoms with E-state index in [-0.39, 0.29) is 24.0 Å². The van der Waals surface area contributed by atoms with Crippen LogP contribution in [0.1, 0.15) is 23.2 Å². The molecule has 2 aromatic rings. The fourth-order valence-electron chi connectivity index (χ4n) is 3.40. The van der Waals surface area contributed by atoms with E-state index in [2.05, 4.69) is 6.58 Å². The number of carbonyl (C=O) groups excluding carboxylic acids is 1. The number of ketones is 1. The number of fused-ring (bicyclic) bond motifs is 1. The Hall–Kier alpha value is -2.18. The van der Waals surface area contributed by atoms with Crippen LogP contribution in [0, 0.1) is 5.92 Å². The summed E-state index contributed by atoms with van der Waals surface area (Å²) < 4.78 is 31.2. The van der Waals surface area contributed by atoms with E-state index in [0.717, 1.165) is 16.5 Å². The molecule has 1 saturated heterocycles. The summed E-state index contributed by atoms with van der Waals surface area (Å²) in [5.74, 6) is 0.373. The predicted molar refractivity (Wildman–Crippen MR) is 103 cm³/mol. The number of piperidine rings is 1. The minimum absolute atomic E-state index is 0.00113. The van der Waals surface area contributed by atoms with Crippen LogP contribution in [0.15, 0.2) is 49.1 Å². The number of methoxy groups -OCH3 is 1. The molecule has 0 bridgehead atoms. The number of rotatable bonds is 6. The minimum Gasteiger partial charge on any atom is -0.497 e. The number of sulfonamides is 1. The predicted octanol–water partition coefficient (Wildman–Crippen LogP) is 3.26. The molecular weight excluding hydrogens is 350 g/mol. The number of benzene rings is 2. The van der Waals surface area contributed by atoms with Gasteiger partial charge in [-0.25, -0.2) is 12.7 Å². The monoisotopic (exact) mass is 373 g/mol. The van der Waals surface area contributed by atoms with Crippen molar-refractivity contribution in [2.75, 3.05) is 26.0 Å². The lowest BCUT2D eigenvalue weighted by molar-refractivity contribution is 0.0872. The Morgan fingerprint density at radius 3 is 2.73 bits per heavy atom. The van der Waals surface area contributed by atoms with Gasteiger partial charge in [0, 0.05) is 24.6 Å². The van der Waals surface area contributed by atoms with Gasteiger partial charge in [-0.3, -0.25) is 4.79 Å². The van der Waals surface area contributed by atoms with Gasteiger partial charge >= 0.3 is 0 Å². The van der Waals surface area contributed by atoms with Gasteiger partial charge in [-0.1, -0.05) is 24.3 Å². The van der Waals surface area contributed by atoms with Crippen LogP contribution in [0.2, 0.25) is 0 Å². The summed E-state index contributed by atoms with van der Waals surface area (Å²) in [5.41, 5.74) is 0.621. The molecule has 3 rings (SSSR count). The largest absolute Gasteiger partial charge is 0.497 e. The zero-order valence-corrected chi connectivity index (χ0v) is 15.7. The first-order chi connectivity index (χ1) is 12.4. The van der Waals surface area contributed by atoms with Crippen LogP contribution < -0.4 is 4.74 Å². The first kappa shape index (κ1) is 18.6. The average molecular weight is 373 g/mol. The maximum atomic E-state index is 12.9. The van der Waals surface area contributed by atoms with Gasteiger partial charge in [0.05, 0.1) is 12.9 Å². The standard InChI is InChI=1S/C20H23NO4S/c1-3-11-26(23,24)21-10-4-5-18(14-21)20(22)17-7-6-16-13-19(25-2)9-8-15(16)12-17/h3,6-9,12-13,18H,1,4-5,10-11,14H2,2H3/t18-/m0/s1. The van der Waals surface area contributed by atoms with E-state index < -0.39 is 10.0 Å². The van der Waals surface area contributed by atoms with Crippen molar-refractivity contribution in [1.29, 1.82) is 0 Å². The normalized spacial score (nSPS) is 18.6. The van der Waals surface area contributed by atoms with Gasteiger partial charge in [0.1, 0.15) is 5.75 Å². The van der Waals surface area contributed by atoms with E-state index in [9.17, 15) is 13.2 Å². The van der Waals surface area contributed by atoms with Crippen LogP contribution in [0.5, 0.6) is 5.75 Å². The second-order valence-corrected chi connectivity index (χ2v) is 8.57. The van der Waals surface area contributed by atoms with Crippen molar-refractivity contribution in [3.05, 3.63) is 54.6 Å². The zero-order valence-electron chi connectivity index (χ0n) is 14.8. The smallest absolute Gasteiger partial charge is 0.217 e. The van der Waals surface area contributed by atoms with Crippen LogP contribution in [0.4, 0.5) is 0 Å². The van der Waals surface area contributed by atoms with E-state index in [1.165, 1.54) is 10.4 Å². The Labute approximate surface area is 154 Å². The Balaban J connectivity index is 1.82. The van der Waals surface area contributed by atoms with E-state index in [0.29, 0.717) is 24.9 Å². The lowest BCUT2D eigenvalue weighted by Gasteiger charge is -2.31. The molecule has 1 atom stereocenters. The first-order valence-electron chi connectivity index (χ1n) is 8.65. The number of hydrogen-bond acceptors (Lipinski definition) is 4. The quantitative estimate of drug-likeness (QED) is 0.576. The summed E-state index contributed by atoms with van der Waals surface area (Å²) in [4.78, 5) is 12.9. The van der Waals surface area contributed by atoms with Crippen molar-refractivity contribution < 1.29 is 17.9 Å². The van der Waals surface area contributed by atoms with Crippen LogP contribution >= 0.6 is 0 Å². The molecule has 1 aliphatic rings. The van der Waals surface area contributed by atoms with Gasteiger partial charge in [-0.2, -0.15) is 0 Å². The molecule has 0 aromatic heterocycles. The summed E-state index contributed by atoms with van der Waals surface area (Å²) in [5, 5.41) is 1.96.